The summed E-state index contributed by atoms with van der Waals surface area (Å²) in [6.07, 6.45) is 0. The molecule has 0 saturated heterocycles. The highest BCUT2D eigenvalue weighted by Gasteiger charge is 2.27. The van der Waals surface area contributed by atoms with E-state index in [0.717, 1.165) is 33.5 Å². The largest absolute Gasteiger partial charge is 0.387 e. The van der Waals surface area contributed by atoms with Crippen molar-refractivity contribution in [1.29, 1.82) is 0 Å². The lowest BCUT2D eigenvalue weighted by molar-refractivity contribution is 0.0830. The molecule has 0 fully saturated rings. The van der Waals surface area contributed by atoms with Crippen LogP contribution in [0, 0.1) is 6.92 Å². The normalized spacial score (nSPS) is 18.7. The molecule has 1 aromatic heterocycles. The Morgan fingerprint density at radius 2 is 1.97 bits per heavy atom. The number of nitrogens with two attached hydrogens (primary N) is 1. The maximum absolute atomic E-state index is 10.7. The van der Waals surface area contributed by atoms with Gasteiger partial charge in [0.1, 0.15) is 5.82 Å². The number of fused-ring (bicyclic) bond motifs is 2. The molecule has 1 aliphatic heterocycles. The zero-order chi connectivity index (χ0) is 22.2. The summed E-state index contributed by atoms with van der Waals surface area (Å²) in [5.74, 6) is 1.00. The highest BCUT2D eigenvalue weighted by molar-refractivity contribution is 8.24. The van der Waals surface area contributed by atoms with Crippen molar-refractivity contribution in [2.75, 3.05) is 35.6 Å². The van der Waals surface area contributed by atoms with E-state index in [1.54, 1.807) is 13.0 Å². The minimum atomic E-state index is -2.84. The number of anilines is 2. The van der Waals surface area contributed by atoms with Crippen molar-refractivity contribution in [3.8, 4) is 0 Å². The number of nitrogens with zero attached hydrogens (tertiary/aromatic N) is 2. The van der Waals surface area contributed by atoms with Crippen LogP contribution >= 0.6 is 10.6 Å². The average Bonchev–Trinajstić information content (AvgIpc) is 2.88. The van der Waals surface area contributed by atoms with Gasteiger partial charge in [-0.25, -0.2) is 4.98 Å². The number of aromatic nitrogens is 1. The lowest BCUT2D eigenvalue weighted by atomic mass is 10.1. The maximum atomic E-state index is 10.7. The van der Waals surface area contributed by atoms with E-state index in [9.17, 15) is 14.2 Å². The number of hydrogen-bond acceptors (Lipinski definition) is 7. The number of rotatable bonds is 5. The average molecular weight is 443 g/mol. The lowest BCUT2D eigenvalue weighted by Gasteiger charge is -2.32. The second-order valence-electron chi connectivity index (χ2n) is 8.50. The number of benzene rings is 2. The minimum Gasteiger partial charge on any atom is -0.387 e. The summed E-state index contributed by atoms with van der Waals surface area (Å²) in [5, 5.41) is 14.7. The first-order valence-electron chi connectivity index (χ1n) is 10.4. The highest BCUT2D eigenvalue weighted by Crippen LogP contribution is 2.51. The fourth-order valence-electron chi connectivity index (χ4n) is 3.77. The van der Waals surface area contributed by atoms with Crippen LogP contribution in [0.25, 0.3) is 10.9 Å². The monoisotopic (exact) mass is 442 g/mol. The highest BCUT2D eigenvalue weighted by atomic mass is 32.3. The standard InChI is InChI=1S/C23H30N4O3S/c1-16-7-8-19-18(11-16)20(25-15-23(2,28)14-24)12-22(26-19)27-9-10-31(29,30)21-6-4-3-5-17(21)13-27/h3-8,11-12,28-30H,9-10,13-15,24H2,1-2H3,(H,25,26). The fourth-order valence-corrected chi connectivity index (χ4v) is 5.32. The number of pyridine rings is 1. The van der Waals surface area contributed by atoms with Gasteiger partial charge >= 0.3 is 0 Å². The van der Waals surface area contributed by atoms with Crippen molar-refractivity contribution in [1.82, 2.24) is 4.98 Å². The quantitative estimate of drug-likeness (QED) is 0.408. The van der Waals surface area contributed by atoms with E-state index < -0.39 is 16.2 Å². The van der Waals surface area contributed by atoms with Gasteiger partial charge in [0, 0.05) is 43.3 Å². The molecule has 7 nitrogen and oxygen atoms in total. The molecule has 0 radical (unpaired) electrons. The van der Waals surface area contributed by atoms with Crippen molar-refractivity contribution in [3.63, 3.8) is 0 Å². The first-order chi connectivity index (χ1) is 14.7. The predicted octanol–water partition coefficient (Wildman–Crippen LogP) is 3.79. The third-order valence-corrected chi connectivity index (χ3v) is 7.56. The van der Waals surface area contributed by atoms with E-state index in [1.807, 2.05) is 43.3 Å². The molecular weight excluding hydrogens is 412 g/mol. The van der Waals surface area contributed by atoms with E-state index in [1.165, 1.54) is 0 Å². The van der Waals surface area contributed by atoms with E-state index in [2.05, 4.69) is 16.3 Å². The topological polar surface area (TPSA) is 115 Å². The van der Waals surface area contributed by atoms with Crippen molar-refractivity contribution >= 4 is 33.0 Å². The van der Waals surface area contributed by atoms with E-state index >= 15 is 0 Å². The summed E-state index contributed by atoms with van der Waals surface area (Å²) in [7, 11) is -2.84. The van der Waals surface area contributed by atoms with Gasteiger partial charge in [-0.05, 0) is 37.6 Å². The number of aryl methyl sites for hydroxylation is 1. The van der Waals surface area contributed by atoms with Crippen molar-refractivity contribution in [2.24, 2.45) is 5.73 Å². The summed E-state index contributed by atoms with van der Waals surface area (Å²) in [4.78, 5) is 7.56. The Bertz CT molecular complexity index is 1100. The molecule has 0 saturated carbocycles. The van der Waals surface area contributed by atoms with Crippen LogP contribution in [-0.4, -0.2) is 50.2 Å². The summed E-state index contributed by atoms with van der Waals surface area (Å²) in [6, 6.07) is 15.5. The van der Waals surface area contributed by atoms with Crippen molar-refractivity contribution in [3.05, 3.63) is 59.7 Å². The van der Waals surface area contributed by atoms with Crippen LogP contribution in [0.3, 0.4) is 0 Å². The molecule has 2 aromatic carbocycles. The summed E-state index contributed by atoms with van der Waals surface area (Å²) >= 11 is 0. The van der Waals surface area contributed by atoms with Gasteiger partial charge in [0.25, 0.3) is 0 Å². The van der Waals surface area contributed by atoms with Crippen LogP contribution in [0.1, 0.15) is 18.1 Å². The van der Waals surface area contributed by atoms with Crippen LogP contribution in [0.5, 0.6) is 0 Å². The number of nitrogens with one attached hydrogen (secondary N) is 1. The van der Waals surface area contributed by atoms with Gasteiger partial charge in [-0.1, -0.05) is 29.8 Å². The van der Waals surface area contributed by atoms with E-state index in [0.29, 0.717) is 24.5 Å². The Morgan fingerprint density at radius 1 is 1.19 bits per heavy atom. The molecular formula is C23H30N4O3S. The number of hydrogen-bond donors (Lipinski definition) is 5. The second-order valence-corrected chi connectivity index (χ2v) is 10.7. The molecule has 2 heterocycles. The molecule has 1 atom stereocenters. The molecule has 1 aliphatic rings. The molecule has 166 valence electrons. The zero-order valence-corrected chi connectivity index (χ0v) is 18.7. The fraction of sp³-hybridized carbons (Fsp3) is 0.348. The molecule has 0 amide bonds. The summed E-state index contributed by atoms with van der Waals surface area (Å²) in [6.45, 7) is 5.20. The molecule has 3 aromatic rings. The predicted molar refractivity (Wildman–Crippen MR) is 128 cm³/mol. The summed E-state index contributed by atoms with van der Waals surface area (Å²) < 4.78 is 21.3. The van der Waals surface area contributed by atoms with Gasteiger partial charge < -0.3 is 21.1 Å². The molecule has 31 heavy (non-hydrogen) atoms. The molecule has 0 bridgehead atoms. The summed E-state index contributed by atoms with van der Waals surface area (Å²) in [5.41, 5.74) is 8.37. The van der Waals surface area contributed by atoms with Crippen molar-refractivity contribution < 1.29 is 14.2 Å². The molecule has 6 N–H and O–H groups in total. The van der Waals surface area contributed by atoms with E-state index in [-0.39, 0.29) is 12.3 Å². The van der Waals surface area contributed by atoms with E-state index in [4.69, 9.17) is 10.7 Å². The van der Waals surface area contributed by atoms with Gasteiger partial charge in [0.05, 0.1) is 21.8 Å². The van der Waals surface area contributed by atoms with Gasteiger partial charge in [0.15, 0.2) is 0 Å². The Labute approximate surface area is 184 Å². The zero-order valence-electron chi connectivity index (χ0n) is 17.9. The van der Waals surface area contributed by atoms with Gasteiger partial charge in [-0.3, -0.25) is 9.11 Å². The Balaban J connectivity index is 1.75. The van der Waals surface area contributed by atoms with Crippen LogP contribution in [-0.2, 0) is 6.54 Å². The van der Waals surface area contributed by atoms with Crippen molar-refractivity contribution in [2.45, 2.75) is 30.9 Å². The van der Waals surface area contributed by atoms with Gasteiger partial charge in [0.2, 0.25) is 0 Å². The number of aliphatic hydroxyl groups is 1. The first kappa shape index (κ1) is 21.9. The lowest BCUT2D eigenvalue weighted by Crippen LogP contribution is -2.41. The van der Waals surface area contributed by atoms with Gasteiger partial charge in [-0.2, -0.15) is 10.6 Å². The van der Waals surface area contributed by atoms with Crippen LogP contribution in [0.2, 0.25) is 0 Å². The molecule has 0 spiro atoms. The second kappa shape index (κ2) is 8.29. The first-order valence-corrected chi connectivity index (χ1v) is 12.1. The molecule has 0 aliphatic carbocycles. The smallest absolute Gasteiger partial charge is 0.131 e. The third kappa shape index (κ3) is 4.63. The maximum Gasteiger partial charge on any atom is 0.131 e. The van der Waals surface area contributed by atoms with Crippen LogP contribution < -0.4 is 16.0 Å². The third-order valence-electron chi connectivity index (χ3n) is 5.71. The minimum absolute atomic E-state index is 0.148. The Morgan fingerprint density at radius 3 is 2.74 bits per heavy atom. The molecule has 8 heteroatoms. The Kier molecular flexibility index (Phi) is 5.85. The van der Waals surface area contributed by atoms with Crippen LogP contribution in [0.4, 0.5) is 11.5 Å². The van der Waals surface area contributed by atoms with Crippen LogP contribution in [0.15, 0.2) is 53.4 Å². The van der Waals surface area contributed by atoms with Gasteiger partial charge in [-0.15, -0.1) is 0 Å². The Hall–Kier alpha value is -2.36. The molecule has 1 unspecified atom stereocenters. The molecule has 4 rings (SSSR count). The SMILES string of the molecule is Cc1ccc2nc(N3CCS(O)(O)c4ccccc4C3)cc(NCC(C)(O)CN)c2c1.